The minimum Gasteiger partial charge on any atom is -0.315 e. The Morgan fingerprint density at radius 1 is 1.28 bits per heavy atom. The number of carbonyl (C=O) groups excluding carboxylic acids is 1. The zero-order valence-electron chi connectivity index (χ0n) is 11.6. The van der Waals surface area contributed by atoms with Crippen LogP contribution in [0.4, 0.5) is 0 Å². The van der Waals surface area contributed by atoms with Crippen LogP contribution in [0.2, 0.25) is 0 Å². The first-order valence-electron chi connectivity index (χ1n) is 6.51. The maximum absolute atomic E-state index is 11.7. The molecule has 1 amide bonds. The van der Waals surface area contributed by atoms with Gasteiger partial charge in [-0.15, -0.1) is 0 Å². The van der Waals surface area contributed by atoms with Crippen LogP contribution in [-0.4, -0.2) is 17.4 Å². The van der Waals surface area contributed by atoms with Crippen LogP contribution in [0.25, 0.3) is 0 Å². The number of allylic oxidation sites excluding steroid dienone is 5. The van der Waals surface area contributed by atoms with Crippen LogP contribution in [0.1, 0.15) is 40.0 Å². The third-order valence-corrected chi connectivity index (χ3v) is 2.85. The van der Waals surface area contributed by atoms with E-state index in [1.165, 1.54) is 11.1 Å². The molecule has 0 saturated heterocycles. The summed E-state index contributed by atoms with van der Waals surface area (Å²) in [5.74, 6) is 0.161. The molecule has 0 radical (unpaired) electrons. The summed E-state index contributed by atoms with van der Waals surface area (Å²) in [5.41, 5.74) is 2.70. The van der Waals surface area contributed by atoms with E-state index in [0.717, 1.165) is 12.8 Å². The van der Waals surface area contributed by atoms with Crippen LogP contribution in [0.15, 0.2) is 47.7 Å². The maximum atomic E-state index is 11.7. The minimum absolute atomic E-state index is 0.161. The highest BCUT2D eigenvalue weighted by Crippen LogP contribution is 2.08. The number of hydrogen-bond acceptors (Lipinski definition) is 1. The Bertz CT molecular complexity index is 395. The molecule has 2 heteroatoms. The summed E-state index contributed by atoms with van der Waals surface area (Å²) in [5, 5.41) is 0. The summed E-state index contributed by atoms with van der Waals surface area (Å²) >= 11 is 0. The first kappa shape index (κ1) is 14.5. The van der Waals surface area contributed by atoms with Gasteiger partial charge in [0.05, 0.1) is 0 Å². The Morgan fingerprint density at radius 2 is 2.06 bits per heavy atom. The molecular weight excluding hydrogens is 222 g/mol. The maximum Gasteiger partial charge on any atom is 0.230 e. The molecule has 1 rings (SSSR count). The van der Waals surface area contributed by atoms with E-state index in [-0.39, 0.29) is 5.91 Å². The lowest BCUT2D eigenvalue weighted by molar-refractivity contribution is -0.127. The second kappa shape index (κ2) is 7.70. The van der Waals surface area contributed by atoms with Crippen molar-refractivity contribution in [3.05, 3.63) is 47.7 Å². The van der Waals surface area contributed by atoms with Gasteiger partial charge in [0.1, 0.15) is 0 Å². The van der Waals surface area contributed by atoms with Crippen molar-refractivity contribution >= 4 is 5.91 Å². The quantitative estimate of drug-likeness (QED) is 0.671. The number of nitrogens with zero attached hydrogens (tertiary/aromatic N) is 1. The van der Waals surface area contributed by atoms with Gasteiger partial charge in [-0.2, -0.15) is 0 Å². The number of carbonyl (C=O) groups is 1. The Hall–Kier alpha value is -1.57. The Kier molecular flexibility index (Phi) is 6.20. The van der Waals surface area contributed by atoms with E-state index in [0.29, 0.717) is 13.0 Å². The molecule has 0 unspecified atom stereocenters. The van der Waals surface area contributed by atoms with E-state index in [2.05, 4.69) is 32.9 Å². The van der Waals surface area contributed by atoms with Crippen molar-refractivity contribution in [3.8, 4) is 0 Å². The van der Waals surface area contributed by atoms with Crippen molar-refractivity contribution in [1.29, 1.82) is 0 Å². The largest absolute Gasteiger partial charge is 0.315 e. The Labute approximate surface area is 110 Å². The molecule has 98 valence electrons. The highest BCUT2D eigenvalue weighted by Gasteiger charge is 2.08. The highest BCUT2D eigenvalue weighted by atomic mass is 16.2. The zero-order chi connectivity index (χ0) is 13.4. The van der Waals surface area contributed by atoms with Gasteiger partial charge in [-0.1, -0.05) is 35.5 Å². The average Bonchev–Trinajstić information content (AvgIpc) is 2.51. The molecule has 0 aromatic rings. The summed E-state index contributed by atoms with van der Waals surface area (Å²) in [6.07, 6.45) is 14.6. The summed E-state index contributed by atoms with van der Waals surface area (Å²) < 4.78 is 0. The highest BCUT2D eigenvalue weighted by molar-refractivity contribution is 5.79. The van der Waals surface area contributed by atoms with Gasteiger partial charge in [0.15, 0.2) is 0 Å². The molecule has 18 heavy (non-hydrogen) atoms. The minimum atomic E-state index is 0.161. The lowest BCUT2D eigenvalue weighted by atomic mass is 10.1. The fourth-order valence-electron chi connectivity index (χ4n) is 1.71. The van der Waals surface area contributed by atoms with Gasteiger partial charge in [-0.05, 0) is 39.7 Å². The van der Waals surface area contributed by atoms with Crippen molar-refractivity contribution in [2.45, 2.75) is 40.0 Å². The molecule has 0 spiro atoms. The molecule has 0 atom stereocenters. The number of amides is 1. The number of rotatable bonds is 5. The van der Waals surface area contributed by atoms with Crippen LogP contribution in [0.3, 0.4) is 0 Å². The van der Waals surface area contributed by atoms with Crippen LogP contribution in [-0.2, 0) is 4.79 Å². The van der Waals surface area contributed by atoms with E-state index in [1.807, 2.05) is 24.4 Å². The first-order chi connectivity index (χ1) is 8.59. The van der Waals surface area contributed by atoms with Gasteiger partial charge in [0.25, 0.3) is 0 Å². The van der Waals surface area contributed by atoms with Crippen LogP contribution >= 0.6 is 0 Å². The van der Waals surface area contributed by atoms with E-state index in [9.17, 15) is 4.79 Å². The normalized spacial score (nSPS) is 15.8. The van der Waals surface area contributed by atoms with Crippen molar-refractivity contribution in [3.63, 3.8) is 0 Å². The zero-order valence-corrected chi connectivity index (χ0v) is 11.6. The molecule has 0 aliphatic carbocycles. The lowest BCUT2D eigenvalue weighted by Gasteiger charge is -2.15. The molecule has 0 fully saturated rings. The van der Waals surface area contributed by atoms with Crippen molar-refractivity contribution in [1.82, 2.24) is 4.90 Å². The fraction of sp³-hybridized carbons (Fsp3) is 0.438. The monoisotopic (exact) mass is 245 g/mol. The van der Waals surface area contributed by atoms with E-state index in [1.54, 1.807) is 4.90 Å². The number of hydrogen-bond donors (Lipinski definition) is 0. The lowest BCUT2D eigenvalue weighted by Crippen LogP contribution is -2.24. The molecular formula is C16H23NO. The Balaban J connectivity index is 2.42. The average molecular weight is 245 g/mol. The SMILES string of the molecule is CC(C)=CCC/C(C)=C/CN1C=CC=CCC1=O. The molecule has 0 bridgehead atoms. The smallest absolute Gasteiger partial charge is 0.230 e. The van der Waals surface area contributed by atoms with Crippen LogP contribution in [0, 0.1) is 0 Å². The summed E-state index contributed by atoms with van der Waals surface area (Å²) in [6, 6.07) is 0. The second-order valence-electron chi connectivity index (χ2n) is 4.89. The van der Waals surface area contributed by atoms with E-state index in [4.69, 9.17) is 0 Å². The molecule has 0 N–H and O–H groups in total. The summed E-state index contributed by atoms with van der Waals surface area (Å²) in [4.78, 5) is 13.5. The standard InChI is InChI=1S/C16H23NO/c1-14(2)8-7-9-15(3)11-13-17-12-6-4-5-10-16(17)18/h4-6,8,11-12H,7,9-10,13H2,1-3H3/b15-11+. The molecule has 1 heterocycles. The van der Waals surface area contributed by atoms with Gasteiger partial charge < -0.3 is 4.90 Å². The van der Waals surface area contributed by atoms with Gasteiger partial charge in [-0.25, -0.2) is 0 Å². The summed E-state index contributed by atoms with van der Waals surface area (Å²) in [6.45, 7) is 7.04. The molecule has 1 aliphatic heterocycles. The molecule has 2 nitrogen and oxygen atoms in total. The molecule has 1 aliphatic rings. The third-order valence-electron chi connectivity index (χ3n) is 2.85. The van der Waals surface area contributed by atoms with Crippen molar-refractivity contribution in [2.75, 3.05) is 6.54 Å². The summed E-state index contributed by atoms with van der Waals surface area (Å²) in [7, 11) is 0. The van der Waals surface area contributed by atoms with E-state index < -0.39 is 0 Å². The van der Waals surface area contributed by atoms with E-state index >= 15 is 0 Å². The van der Waals surface area contributed by atoms with Crippen molar-refractivity contribution in [2.24, 2.45) is 0 Å². The second-order valence-corrected chi connectivity index (χ2v) is 4.89. The predicted molar refractivity (Wildman–Crippen MR) is 77.0 cm³/mol. The van der Waals surface area contributed by atoms with Gasteiger partial charge >= 0.3 is 0 Å². The third kappa shape index (κ3) is 5.67. The fourth-order valence-corrected chi connectivity index (χ4v) is 1.71. The Morgan fingerprint density at radius 3 is 2.78 bits per heavy atom. The molecule has 0 aromatic carbocycles. The molecule has 0 aromatic heterocycles. The molecule has 0 saturated carbocycles. The van der Waals surface area contributed by atoms with Gasteiger partial charge in [-0.3, -0.25) is 4.79 Å². The van der Waals surface area contributed by atoms with Crippen LogP contribution in [0.5, 0.6) is 0 Å². The topological polar surface area (TPSA) is 20.3 Å². The first-order valence-corrected chi connectivity index (χ1v) is 6.51. The van der Waals surface area contributed by atoms with Gasteiger partial charge in [0.2, 0.25) is 5.91 Å². The predicted octanol–water partition coefficient (Wildman–Crippen LogP) is 3.98. The van der Waals surface area contributed by atoms with Gasteiger partial charge in [0, 0.05) is 19.2 Å². The van der Waals surface area contributed by atoms with Crippen LogP contribution < -0.4 is 0 Å². The van der Waals surface area contributed by atoms with Crippen molar-refractivity contribution < 1.29 is 4.79 Å².